The van der Waals surface area contributed by atoms with Crippen LogP contribution in [-0.2, 0) is 0 Å². The lowest BCUT2D eigenvalue weighted by Crippen LogP contribution is -2.30. The molecule has 1 heteroatoms. The van der Waals surface area contributed by atoms with E-state index in [4.69, 9.17) is 0 Å². The fourth-order valence-electron chi connectivity index (χ4n) is 9.23. The van der Waals surface area contributed by atoms with Crippen molar-refractivity contribution in [1.29, 1.82) is 0 Å². The molecule has 0 amide bonds. The van der Waals surface area contributed by atoms with Crippen LogP contribution in [0.4, 0.5) is 11.4 Å². The topological polar surface area (TPSA) is 3.24 Å². The zero-order chi connectivity index (χ0) is 38.3. The van der Waals surface area contributed by atoms with Crippen LogP contribution in [0.5, 0.6) is 0 Å². The van der Waals surface area contributed by atoms with Crippen molar-refractivity contribution in [3.63, 3.8) is 0 Å². The molecule has 0 saturated heterocycles. The van der Waals surface area contributed by atoms with Crippen molar-refractivity contribution in [2.24, 2.45) is 0 Å². The van der Waals surface area contributed by atoms with Gasteiger partial charge in [0.1, 0.15) is 0 Å². The number of rotatable bonds is 10. The maximum atomic E-state index is 4.32. The van der Waals surface area contributed by atoms with Crippen LogP contribution in [0.1, 0.15) is 80.8 Å². The molecule has 54 heavy (non-hydrogen) atoms. The number of nitrogens with zero attached hydrogens (tertiary/aromatic N) is 1. The van der Waals surface area contributed by atoms with Crippen LogP contribution in [-0.4, -0.2) is 6.04 Å². The van der Waals surface area contributed by atoms with Crippen molar-refractivity contribution in [3.8, 4) is 11.1 Å². The molecule has 0 aromatic heterocycles. The predicted octanol–water partition coefficient (Wildman–Crippen LogP) is 14.8. The van der Waals surface area contributed by atoms with Crippen LogP contribution in [0.3, 0.4) is 0 Å². The molecule has 0 heterocycles. The third-order valence-corrected chi connectivity index (χ3v) is 12.5. The Bertz CT molecular complexity index is 2440. The summed E-state index contributed by atoms with van der Waals surface area (Å²) in [5.41, 5.74) is 20.2. The van der Waals surface area contributed by atoms with Crippen molar-refractivity contribution < 1.29 is 0 Å². The van der Waals surface area contributed by atoms with Gasteiger partial charge in [0.2, 0.25) is 0 Å². The Kier molecular flexibility index (Phi) is 10.4. The number of fused-ring (bicyclic) bond motifs is 2. The first-order valence-electron chi connectivity index (χ1n) is 19.6. The van der Waals surface area contributed by atoms with Crippen LogP contribution < -0.4 is 4.90 Å². The maximum Gasteiger partial charge on any atom is 0.0554 e. The highest BCUT2D eigenvalue weighted by Crippen LogP contribution is 2.48. The summed E-state index contributed by atoms with van der Waals surface area (Å²) in [6.07, 6.45) is 14.3. The number of allylic oxidation sites excluding steroid dienone is 4. The summed E-state index contributed by atoms with van der Waals surface area (Å²) >= 11 is 0. The molecule has 272 valence electrons. The van der Waals surface area contributed by atoms with E-state index in [0.29, 0.717) is 0 Å². The van der Waals surface area contributed by atoms with Crippen molar-refractivity contribution >= 4 is 32.9 Å². The van der Waals surface area contributed by atoms with Gasteiger partial charge in [-0.15, -0.1) is 13.2 Å². The molecule has 0 N–H and O–H groups in total. The number of anilines is 2. The van der Waals surface area contributed by atoms with Crippen molar-refractivity contribution in [3.05, 3.63) is 190 Å². The van der Waals surface area contributed by atoms with Gasteiger partial charge >= 0.3 is 0 Å². The molecule has 0 radical (unpaired) electrons. The number of hydrogen-bond donors (Lipinski definition) is 0. The minimum Gasteiger partial charge on any atom is -0.334 e. The highest BCUT2D eigenvalue weighted by atomic mass is 15.2. The molecule has 0 fully saturated rings. The molecule has 6 aromatic rings. The standard InChI is InChI=1S/C53H55N/c1-11-20-47(12-2)54(48-30-29-42-22-17-19-26-45(42)32-48)53-39(9)37(7)50(38(8)40(53)10)49-33(3)35(5)51(36(6)34(49)4)52(43-23-14-13-15-24-43)46-28-27-41-21-16-18-25-44(41)31-46/h11-12,14,16-19,21-32,47,52H,1-2,13,15,20H2,3-10H3. The lowest BCUT2D eigenvalue weighted by molar-refractivity contribution is 0.789. The molecule has 0 bridgehead atoms. The maximum absolute atomic E-state index is 4.32. The minimum absolute atomic E-state index is 0.0631. The summed E-state index contributed by atoms with van der Waals surface area (Å²) in [6, 6.07) is 31.3. The second kappa shape index (κ2) is 15.2. The van der Waals surface area contributed by atoms with E-state index in [9.17, 15) is 0 Å². The normalized spacial score (nSPS) is 13.9. The molecule has 1 aliphatic carbocycles. The van der Waals surface area contributed by atoms with Crippen LogP contribution in [0.15, 0.2) is 134 Å². The van der Waals surface area contributed by atoms with Gasteiger partial charge in [-0.3, -0.25) is 0 Å². The van der Waals surface area contributed by atoms with E-state index in [2.05, 4.69) is 183 Å². The van der Waals surface area contributed by atoms with Gasteiger partial charge in [0, 0.05) is 17.3 Å². The van der Waals surface area contributed by atoms with Gasteiger partial charge in [-0.1, -0.05) is 103 Å². The summed E-state index contributed by atoms with van der Waals surface area (Å²) in [5.74, 6) is 0.168. The molecule has 2 atom stereocenters. The highest BCUT2D eigenvalue weighted by Gasteiger charge is 2.30. The van der Waals surface area contributed by atoms with Crippen LogP contribution in [0.2, 0.25) is 0 Å². The Morgan fingerprint density at radius 1 is 0.593 bits per heavy atom. The third-order valence-electron chi connectivity index (χ3n) is 12.5. The fourth-order valence-corrected chi connectivity index (χ4v) is 9.23. The second-order valence-electron chi connectivity index (χ2n) is 15.5. The largest absolute Gasteiger partial charge is 0.334 e. The van der Waals surface area contributed by atoms with Gasteiger partial charge in [-0.25, -0.2) is 0 Å². The highest BCUT2D eigenvalue weighted by molar-refractivity contribution is 5.90. The van der Waals surface area contributed by atoms with Gasteiger partial charge in [0.15, 0.2) is 0 Å². The van der Waals surface area contributed by atoms with Gasteiger partial charge < -0.3 is 4.90 Å². The van der Waals surface area contributed by atoms with E-state index >= 15 is 0 Å². The van der Waals surface area contributed by atoms with E-state index in [0.717, 1.165) is 19.3 Å². The molecular formula is C53H55N. The minimum atomic E-state index is 0.0631. The lowest BCUT2D eigenvalue weighted by Gasteiger charge is -2.36. The Labute approximate surface area is 324 Å². The van der Waals surface area contributed by atoms with Crippen LogP contribution in [0.25, 0.3) is 32.7 Å². The molecule has 2 unspecified atom stereocenters. The smallest absolute Gasteiger partial charge is 0.0554 e. The Morgan fingerprint density at radius 2 is 1.13 bits per heavy atom. The van der Waals surface area contributed by atoms with E-state index in [1.54, 1.807) is 0 Å². The van der Waals surface area contributed by atoms with Gasteiger partial charge in [0.25, 0.3) is 0 Å². The van der Waals surface area contributed by atoms with Crippen molar-refractivity contribution in [2.45, 2.75) is 86.6 Å². The summed E-state index contributed by atoms with van der Waals surface area (Å²) in [5, 5.41) is 5.06. The first kappa shape index (κ1) is 36.9. The summed E-state index contributed by atoms with van der Waals surface area (Å²) in [7, 11) is 0. The van der Waals surface area contributed by atoms with Gasteiger partial charge in [-0.05, 0) is 181 Å². The number of hydrogen-bond acceptors (Lipinski definition) is 1. The first-order valence-corrected chi connectivity index (χ1v) is 19.6. The Hall–Kier alpha value is -5.40. The van der Waals surface area contributed by atoms with E-state index in [1.165, 1.54) is 105 Å². The molecule has 7 rings (SSSR count). The second-order valence-corrected chi connectivity index (χ2v) is 15.5. The van der Waals surface area contributed by atoms with Gasteiger partial charge in [-0.2, -0.15) is 0 Å². The average Bonchev–Trinajstić information content (AvgIpc) is 3.20. The Balaban J connectivity index is 1.43. The monoisotopic (exact) mass is 705 g/mol. The molecular weight excluding hydrogens is 651 g/mol. The van der Waals surface area contributed by atoms with Crippen molar-refractivity contribution in [2.75, 3.05) is 4.90 Å². The van der Waals surface area contributed by atoms with E-state index in [-0.39, 0.29) is 12.0 Å². The van der Waals surface area contributed by atoms with Crippen LogP contribution in [0, 0.1) is 55.4 Å². The molecule has 0 saturated carbocycles. The van der Waals surface area contributed by atoms with Crippen LogP contribution >= 0.6 is 0 Å². The molecule has 1 nitrogen and oxygen atoms in total. The van der Waals surface area contributed by atoms with Crippen molar-refractivity contribution in [1.82, 2.24) is 0 Å². The summed E-state index contributed by atoms with van der Waals surface area (Å²) in [4.78, 5) is 2.51. The number of benzene rings is 6. The quantitative estimate of drug-likeness (QED) is 0.128. The predicted molar refractivity (Wildman–Crippen MR) is 237 cm³/mol. The zero-order valence-electron chi connectivity index (χ0n) is 33.6. The SMILES string of the molecule is C=CCC(C=C)N(c1ccc2ccccc2c1)c1c(C)c(C)c(-c2c(C)c(C)c(C(C3=CCCC=C3)c3ccc4ccccc4c3)c(C)c2C)c(C)c1C. The first-order chi connectivity index (χ1) is 26.1. The summed E-state index contributed by atoms with van der Waals surface area (Å²) in [6.45, 7) is 27.2. The van der Waals surface area contributed by atoms with E-state index in [1.807, 2.05) is 6.08 Å². The molecule has 0 spiro atoms. The molecule has 1 aliphatic rings. The van der Waals surface area contributed by atoms with Gasteiger partial charge in [0.05, 0.1) is 6.04 Å². The lowest BCUT2D eigenvalue weighted by atomic mass is 9.74. The Morgan fingerprint density at radius 3 is 1.67 bits per heavy atom. The van der Waals surface area contributed by atoms with E-state index < -0.39 is 0 Å². The summed E-state index contributed by atoms with van der Waals surface area (Å²) < 4.78 is 0. The average molecular weight is 706 g/mol. The third kappa shape index (κ3) is 6.34. The zero-order valence-corrected chi connectivity index (χ0v) is 33.6. The molecule has 0 aliphatic heterocycles. The fraction of sp³-hybridized carbons (Fsp3) is 0.245. The molecule has 6 aromatic carbocycles.